The molecule has 0 unspecified atom stereocenters. The van der Waals surface area contributed by atoms with Crippen LogP contribution in [0.4, 0.5) is 4.79 Å². The fourth-order valence-electron chi connectivity index (χ4n) is 3.16. The van der Waals surface area contributed by atoms with Gasteiger partial charge in [-0.15, -0.1) is 0 Å². The molecule has 2 aromatic rings. The van der Waals surface area contributed by atoms with Crippen molar-refractivity contribution in [2.45, 2.75) is 29.8 Å². The van der Waals surface area contributed by atoms with Gasteiger partial charge in [0, 0.05) is 24.1 Å². The molecule has 4 rings (SSSR count). The lowest BCUT2D eigenvalue weighted by atomic mass is 10.2. The number of carbonyl (C=O) groups is 3. The van der Waals surface area contributed by atoms with Crippen molar-refractivity contribution in [3.8, 4) is 0 Å². The molecular formula is C21H20N2O4S2. The Morgan fingerprint density at radius 2 is 1.86 bits per heavy atom. The maximum absolute atomic E-state index is 12.6. The second kappa shape index (κ2) is 8.51. The molecule has 0 aliphatic carbocycles. The summed E-state index contributed by atoms with van der Waals surface area (Å²) >= 11 is 2.32. The van der Waals surface area contributed by atoms with Crippen molar-refractivity contribution in [1.82, 2.24) is 9.80 Å². The molecule has 8 heteroatoms. The second-order valence-corrected chi connectivity index (χ2v) is 9.00. The zero-order valence-electron chi connectivity index (χ0n) is 15.9. The smallest absolute Gasteiger partial charge is 0.294 e. The summed E-state index contributed by atoms with van der Waals surface area (Å²) in [5, 5.41) is 0.276. The van der Waals surface area contributed by atoms with Gasteiger partial charge in [-0.25, -0.2) is 0 Å². The number of likely N-dealkylation sites (tertiary alicyclic amines) is 1. The van der Waals surface area contributed by atoms with E-state index in [4.69, 9.17) is 4.42 Å². The summed E-state index contributed by atoms with van der Waals surface area (Å²) in [6, 6.07) is 11.7. The van der Waals surface area contributed by atoms with Gasteiger partial charge in [0.2, 0.25) is 5.91 Å². The topological polar surface area (TPSA) is 70.8 Å². The summed E-state index contributed by atoms with van der Waals surface area (Å²) in [4.78, 5) is 41.2. The molecular weight excluding hydrogens is 408 g/mol. The first kappa shape index (κ1) is 19.8. The largest absolute Gasteiger partial charge is 0.450 e. The highest BCUT2D eigenvalue weighted by molar-refractivity contribution is 8.18. The van der Waals surface area contributed by atoms with Crippen LogP contribution >= 0.6 is 23.5 Å². The van der Waals surface area contributed by atoms with Crippen LogP contribution in [-0.2, 0) is 9.59 Å². The Bertz CT molecular complexity index is 975. The van der Waals surface area contributed by atoms with Gasteiger partial charge < -0.3 is 9.32 Å². The number of nitrogens with zero attached hydrogens (tertiary/aromatic N) is 2. The quantitative estimate of drug-likeness (QED) is 0.658. The molecule has 3 amide bonds. The van der Waals surface area contributed by atoms with E-state index < -0.39 is 11.1 Å². The predicted octanol–water partition coefficient (Wildman–Crippen LogP) is 4.40. The minimum atomic E-state index is -0.448. The van der Waals surface area contributed by atoms with Gasteiger partial charge in [-0.1, -0.05) is 29.5 Å². The summed E-state index contributed by atoms with van der Waals surface area (Å²) in [5.41, 5.74) is 1.19. The number of hydrogen-bond acceptors (Lipinski definition) is 6. The molecule has 0 bridgehead atoms. The van der Waals surface area contributed by atoms with Crippen molar-refractivity contribution in [3.63, 3.8) is 0 Å². The number of imide groups is 1. The minimum Gasteiger partial charge on any atom is -0.450 e. The Hall–Kier alpha value is -2.45. The molecule has 29 heavy (non-hydrogen) atoms. The normalized spacial score (nSPS) is 18.3. The van der Waals surface area contributed by atoms with Gasteiger partial charge in [-0.05, 0) is 55.8 Å². The van der Waals surface area contributed by atoms with Crippen LogP contribution in [0.15, 0.2) is 55.7 Å². The molecule has 2 aliphatic rings. The van der Waals surface area contributed by atoms with E-state index in [0.717, 1.165) is 34.4 Å². The van der Waals surface area contributed by atoms with E-state index >= 15 is 0 Å². The van der Waals surface area contributed by atoms with Crippen LogP contribution in [0.3, 0.4) is 0 Å². The number of rotatable bonds is 5. The standard InChI is InChI=1S/C21H20N2O4S2/c1-14-4-7-16(8-5-14)28-19-9-6-15(27-19)12-17-20(25)23(21(26)29-17)13-18(24)22-10-2-3-11-22/h4-9,12H,2-3,10-11,13H2,1H3/b17-12-. The number of amides is 3. The number of benzene rings is 1. The van der Waals surface area contributed by atoms with Crippen LogP contribution in [0.1, 0.15) is 24.2 Å². The van der Waals surface area contributed by atoms with Gasteiger partial charge in [0.25, 0.3) is 11.1 Å². The first-order valence-corrected chi connectivity index (χ1v) is 11.0. The fraction of sp³-hybridized carbons (Fsp3) is 0.286. The van der Waals surface area contributed by atoms with Crippen molar-refractivity contribution >= 4 is 46.7 Å². The maximum Gasteiger partial charge on any atom is 0.294 e. The average Bonchev–Trinajstić information content (AvgIpc) is 3.43. The summed E-state index contributed by atoms with van der Waals surface area (Å²) < 4.78 is 5.78. The molecule has 0 atom stereocenters. The van der Waals surface area contributed by atoms with Crippen molar-refractivity contribution in [1.29, 1.82) is 0 Å². The van der Waals surface area contributed by atoms with E-state index in [9.17, 15) is 14.4 Å². The summed E-state index contributed by atoms with van der Waals surface area (Å²) in [6.45, 7) is 3.22. The lowest BCUT2D eigenvalue weighted by molar-refractivity contribution is -0.135. The van der Waals surface area contributed by atoms with Gasteiger partial charge in [-0.2, -0.15) is 0 Å². The van der Waals surface area contributed by atoms with Crippen LogP contribution in [0.25, 0.3) is 6.08 Å². The number of carbonyl (C=O) groups excluding carboxylic acids is 3. The Morgan fingerprint density at radius 1 is 1.14 bits per heavy atom. The highest BCUT2D eigenvalue weighted by atomic mass is 32.2. The van der Waals surface area contributed by atoms with E-state index in [1.807, 2.05) is 37.3 Å². The monoisotopic (exact) mass is 428 g/mol. The Morgan fingerprint density at radius 3 is 2.59 bits per heavy atom. The molecule has 0 spiro atoms. The van der Waals surface area contributed by atoms with Crippen LogP contribution in [0, 0.1) is 6.92 Å². The molecule has 0 saturated carbocycles. The number of hydrogen-bond donors (Lipinski definition) is 0. The molecule has 0 N–H and O–H groups in total. The minimum absolute atomic E-state index is 0.180. The van der Waals surface area contributed by atoms with Crippen LogP contribution in [0.2, 0.25) is 0 Å². The van der Waals surface area contributed by atoms with E-state index in [-0.39, 0.29) is 17.4 Å². The highest BCUT2D eigenvalue weighted by Gasteiger charge is 2.37. The third-order valence-electron chi connectivity index (χ3n) is 4.74. The SMILES string of the molecule is Cc1ccc(Sc2ccc(/C=C3\SC(=O)N(CC(=O)N4CCCC4)C3=O)o2)cc1. The van der Waals surface area contributed by atoms with Crippen LogP contribution < -0.4 is 0 Å². The van der Waals surface area contributed by atoms with Gasteiger partial charge in [-0.3, -0.25) is 19.3 Å². The van der Waals surface area contributed by atoms with E-state index in [1.54, 1.807) is 17.0 Å². The molecule has 6 nitrogen and oxygen atoms in total. The molecule has 2 aliphatic heterocycles. The van der Waals surface area contributed by atoms with Crippen molar-refractivity contribution in [3.05, 3.63) is 52.6 Å². The van der Waals surface area contributed by atoms with E-state index in [2.05, 4.69) is 0 Å². The maximum atomic E-state index is 12.6. The Kier molecular flexibility index (Phi) is 5.82. The summed E-state index contributed by atoms with van der Waals surface area (Å²) in [7, 11) is 0. The molecule has 2 saturated heterocycles. The number of thioether (sulfide) groups is 1. The number of aryl methyl sites for hydroxylation is 1. The van der Waals surface area contributed by atoms with E-state index in [0.29, 0.717) is 23.9 Å². The third kappa shape index (κ3) is 4.59. The van der Waals surface area contributed by atoms with E-state index in [1.165, 1.54) is 17.3 Å². The first-order chi connectivity index (χ1) is 14.0. The summed E-state index contributed by atoms with van der Waals surface area (Å²) in [5.74, 6) is -0.131. The van der Waals surface area contributed by atoms with Gasteiger partial charge in [0.1, 0.15) is 12.3 Å². The molecule has 150 valence electrons. The van der Waals surface area contributed by atoms with Gasteiger partial charge >= 0.3 is 0 Å². The van der Waals surface area contributed by atoms with Crippen molar-refractivity contribution in [2.75, 3.05) is 19.6 Å². The second-order valence-electron chi connectivity index (χ2n) is 6.93. The predicted molar refractivity (Wildman–Crippen MR) is 113 cm³/mol. The van der Waals surface area contributed by atoms with Crippen LogP contribution in [-0.4, -0.2) is 46.5 Å². The van der Waals surface area contributed by atoms with Gasteiger partial charge in [0.05, 0.1) is 4.91 Å². The molecule has 0 radical (unpaired) electrons. The van der Waals surface area contributed by atoms with Crippen molar-refractivity contribution < 1.29 is 18.8 Å². The highest BCUT2D eigenvalue weighted by Crippen LogP contribution is 2.34. The lowest BCUT2D eigenvalue weighted by Crippen LogP contribution is -2.40. The molecule has 2 fully saturated rings. The zero-order valence-corrected chi connectivity index (χ0v) is 17.6. The van der Waals surface area contributed by atoms with Crippen molar-refractivity contribution in [2.24, 2.45) is 0 Å². The fourth-order valence-corrected chi connectivity index (χ4v) is 4.75. The lowest BCUT2D eigenvalue weighted by Gasteiger charge is -2.18. The zero-order chi connectivity index (χ0) is 20.4. The van der Waals surface area contributed by atoms with Gasteiger partial charge in [0.15, 0.2) is 5.09 Å². The molecule has 1 aromatic heterocycles. The number of furan rings is 1. The Labute approximate surface area is 177 Å². The Balaban J connectivity index is 1.42. The molecule has 1 aromatic carbocycles. The molecule has 3 heterocycles. The average molecular weight is 429 g/mol. The summed E-state index contributed by atoms with van der Waals surface area (Å²) in [6.07, 6.45) is 3.49. The third-order valence-corrected chi connectivity index (χ3v) is 6.58. The van der Waals surface area contributed by atoms with Crippen LogP contribution in [0.5, 0.6) is 0 Å². The first-order valence-electron chi connectivity index (χ1n) is 9.37.